The molecule has 1 atom stereocenters. The minimum atomic E-state index is -0.131. The monoisotopic (exact) mass is 259 g/mol. The number of carbonyl (C=O) groups is 1. The van der Waals surface area contributed by atoms with Crippen LogP contribution in [0, 0.1) is 11.3 Å². The summed E-state index contributed by atoms with van der Waals surface area (Å²) in [5.41, 5.74) is 6.98. The highest BCUT2D eigenvalue weighted by Gasteiger charge is 2.18. The number of amides is 1. The van der Waals surface area contributed by atoms with Crippen molar-refractivity contribution >= 4 is 17.3 Å². The number of nitrogen functional groups attached to an aromatic ring is 1. The lowest BCUT2D eigenvalue weighted by atomic mass is 10.1. The molecule has 5 nitrogen and oxygen atoms in total. The molecule has 1 fully saturated rings. The van der Waals surface area contributed by atoms with Gasteiger partial charge in [0.05, 0.1) is 23.8 Å². The quantitative estimate of drug-likeness (QED) is 0.813. The lowest BCUT2D eigenvalue weighted by molar-refractivity contribution is -0.119. The Bertz CT molecular complexity index is 502. The first kappa shape index (κ1) is 13.4. The van der Waals surface area contributed by atoms with Crippen molar-refractivity contribution < 1.29 is 9.53 Å². The number of ether oxygens (including phenoxy) is 1. The van der Waals surface area contributed by atoms with Gasteiger partial charge in [-0.15, -0.1) is 0 Å². The Morgan fingerprint density at radius 3 is 3.05 bits per heavy atom. The van der Waals surface area contributed by atoms with Crippen molar-refractivity contribution in [1.82, 2.24) is 0 Å². The van der Waals surface area contributed by atoms with Gasteiger partial charge >= 0.3 is 0 Å². The molecule has 0 aliphatic carbocycles. The summed E-state index contributed by atoms with van der Waals surface area (Å²) >= 11 is 0. The zero-order valence-corrected chi connectivity index (χ0v) is 10.7. The third-order valence-corrected chi connectivity index (χ3v) is 3.13. The number of nitrogens with two attached hydrogens (primary N) is 1. The van der Waals surface area contributed by atoms with Crippen molar-refractivity contribution in [2.45, 2.75) is 31.8 Å². The van der Waals surface area contributed by atoms with Gasteiger partial charge in [0.25, 0.3) is 0 Å². The zero-order valence-electron chi connectivity index (χ0n) is 10.7. The van der Waals surface area contributed by atoms with Crippen LogP contribution in [-0.2, 0) is 9.53 Å². The van der Waals surface area contributed by atoms with Gasteiger partial charge in [-0.1, -0.05) is 0 Å². The average molecular weight is 259 g/mol. The SMILES string of the molecule is N#Cc1cc(N)ccc1NC(=O)CC1CCCCO1. The van der Waals surface area contributed by atoms with E-state index in [0.717, 1.165) is 25.9 Å². The average Bonchev–Trinajstić information content (AvgIpc) is 2.42. The molecule has 1 aliphatic rings. The van der Waals surface area contributed by atoms with Gasteiger partial charge in [0, 0.05) is 12.3 Å². The largest absolute Gasteiger partial charge is 0.399 e. The molecular weight excluding hydrogens is 242 g/mol. The molecule has 1 aromatic rings. The molecule has 1 saturated heterocycles. The number of benzene rings is 1. The maximum Gasteiger partial charge on any atom is 0.227 e. The summed E-state index contributed by atoms with van der Waals surface area (Å²) in [7, 11) is 0. The third-order valence-electron chi connectivity index (χ3n) is 3.13. The van der Waals surface area contributed by atoms with Crippen LogP contribution in [0.3, 0.4) is 0 Å². The number of nitriles is 1. The van der Waals surface area contributed by atoms with Crippen LogP contribution >= 0.6 is 0 Å². The van der Waals surface area contributed by atoms with Gasteiger partial charge in [-0.2, -0.15) is 5.26 Å². The van der Waals surface area contributed by atoms with Crippen LogP contribution in [0.15, 0.2) is 18.2 Å². The van der Waals surface area contributed by atoms with E-state index >= 15 is 0 Å². The summed E-state index contributed by atoms with van der Waals surface area (Å²) in [4.78, 5) is 11.9. The molecule has 0 radical (unpaired) electrons. The Labute approximate surface area is 112 Å². The van der Waals surface area contributed by atoms with Gasteiger partial charge in [0.15, 0.2) is 0 Å². The van der Waals surface area contributed by atoms with Gasteiger partial charge < -0.3 is 15.8 Å². The van der Waals surface area contributed by atoms with Gasteiger partial charge in [-0.25, -0.2) is 0 Å². The first-order valence-corrected chi connectivity index (χ1v) is 6.40. The first-order chi connectivity index (χ1) is 9.19. The summed E-state index contributed by atoms with van der Waals surface area (Å²) < 4.78 is 5.52. The molecule has 0 aromatic heterocycles. The van der Waals surface area contributed by atoms with Crippen LogP contribution in [0.25, 0.3) is 0 Å². The number of carbonyl (C=O) groups excluding carboxylic acids is 1. The highest BCUT2D eigenvalue weighted by atomic mass is 16.5. The molecular formula is C14H17N3O2. The van der Waals surface area contributed by atoms with Crippen LogP contribution in [0.5, 0.6) is 0 Å². The number of nitrogens with zero attached hydrogens (tertiary/aromatic N) is 1. The van der Waals surface area contributed by atoms with Gasteiger partial charge in [-0.05, 0) is 37.5 Å². The molecule has 1 aliphatic heterocycles. The molecule has 0 bridgehead atoms. The van der Waals surface area contributed by atoms with Crippen molar-refractivity contribution in [2.24, 2.45) is 0 Å². The van der Waals surface area contributed by atoms with E-state index in [-0.39, 0.29) is 12.0 Å². The first-order valence-electron chi connectivity index (χ1n) is 6.40. The van der Waals surface area contributed by atoms with Crippen molar-refractivity contribution in [3.8, 4) is 6.07 Å². The Morgan fingerprint density at radius 2 is 2.37 bits per heavy atom. The normalized spacial score (nSPS) is 18.6. The number of nitrogens with one attached hydrogen (secondary N) is 1. The minimum absolute atomic E-state index is 0.00642. The van der Waals surface area contributed by atoms with Crippen LogP contribution in [-0.4, -0.2) is 18.6 Å². The van der Waals surface area contributed by atoms with Crippen molar-refractivity contribution in [2.75, 3.05) is 17.7 Å². The van der Waals surface area contributed by atoms with Gasteiger partial charge in [-0.3, -0.25) is 4.79 Å². The second-order valence-electron chi connectivity index (χ2n) is 4.66. The summed E-state index contributed by atoms with van der Waals surface area (Å²) in [6, 6.07) is 6.87. The Morgan fingerprint density at radius 1 is 1.53 bits per heavy atom. The van der Waals surface area contributed by atoms with Crippen LogP contribution in [0.2, 0.25) is 0 Å². The van der Waals surface area contributed by atoms with E-state index in [2.05, 4.69) is 5.32 Å². The van der Waals surface area contributed by atoms with E-state index in [1.807, 2.05) is 6.07 Å². The molecule has 1 heterocycles. The second-order valence-corrected chi connectivity index (χ2v) is 4.66. The van der Waals surface area contributed by atoms with Crippen molar-refractivity contribution in [3.05, 3.63) is 23.8 Å². The lowest BCUT2D eigenvalue weighted by Gasteiger charge is -2.22. The van der Waals surface area contributed by atoms with Crippen LogP contribution in [0.4, 0.5) is 11.4 Å². The summed E-state index contributed by atoms with van der Waals surface area (Å²) in [5, 5.41) is 11.7. The topological polar surface area (TPSA) is 88.1 Å². The molecule has 1 amide bonds. The molecule has 19 heavy (non-hydrogen) atoms. The standard InChI is InChI=1S/C14H17N3O2/c15-9-10-7-11(16)4-5-13(10)17-14(18)8-12-3-1-2-6-19-12/h4-5,7,12H,1-3,6,8,16H2,(H,17,18). The molecule has 0 saturated carbocycles. The molecule has 1 aromatic carbocycles. The van der Waals surface area contributed by atoms with E-state index in [0.29, 0.717) is 23.4 Å². The van der Waals surface area contributed by atoms with Crippen molar-refractivity contribution in [3.63, 3.8) is 0 Å². The second kappa shape index (κ2) is 6.21. The van der Waals surface area contributed by atoms with Crippen LogP contribution in [0.1, 0.15) is 31.2 Å². The van der Waals surface area contributed by atoms with E-state index in [4.69, 9.17) is 15.7 Å². The highest BCUT2D eigenvalue weighted by Crippen LogP contribution is 2.20. The summed E-state index contributed by atoms with van der Waals surface area (Å²) in [5.74, 6) is -0.131. The molecule has 1 unspecified atom stereocenters. The molecule has 2 rings (SSSR count). The fourth-order valence-electron chi connectivity index (χ4n) is 2.14. The Balaban J connectivity index is 1.97. The highest BCUT2D eigenvalue weighted by molar-refractivity contribution is 5.92. The Hall–Kier alpha value is -2.06. The number of anilines is 2. The molecule has 100 valence electrons. The molecule has 0 spiro atoms. The summed E-state index contributed by atoms with van der Waals surface area (Å²) in [6.07, 6.45) is 3.40. The maximum absolute atomic E-state index is 11.9. The number of rotatable bonds is 3. The Kier molecular flexibility index (Phi) is 4.37. The predicted molar refractivity (Wildman–Crippen MR) is 72.4 cm³/mol. The van der Waals surface area contributed by atoms with E-state index in [1.54, 1.807) is 18.2 Å². The fraction of sp³-hybridized carbons (Fsp3) is 0.429. The number of hydrogen-bond donors (Lipinski definition) is 2. The number of hydrogen-bond acceptors (Lipinski definition) is 4. The smallest absolute Gasteiger partial charge is 0.227 e. The minimum Gasteiger partial charge on any atom is -0.399 e. The van der Waals surface area contributed by atoms with E-state index < -0.39 is 0 Å². The fourth-order valence-corrected chi connectivity index (χ4v) is 2.14. The predicted octanol–water partition coefficient (Wildman–Crippen LogP) is 2.04. The molecule has 3 N–H and O–H groups in total. The maximum atomic E-state index is 11.9. The van der Waals surface area contributed by atoms with E-state index in [1.165, 1.54) is 0 Å². The third kappa shape index (κ3) is 3.70. The van der Waals surface area contributed by atoms with Gasteiger partial charge in [0.2, 0.25) is 5.91 Å². The van der Waals surface area contributed by atoms with Gasteiger partial charge in [0.1, 0.15) is 6.07 Å². The van der Waals surface area contributed by atoms with Crippen LogP contribution < -0.4 is 11.1 Å². The van der Waals surface area contributed by atoms with E-state index in [9.17, 15) is 4.79 Å². The molecule has 5 heteroatoms. The summed E-state index contributed by atoms with van der Waals surface area (Å²) in [6.45, 7) is 0.725. The lowest BCUT2D eigenvalue weighted by Crippen LogP contribution is -2.25. The zero-order chi connectivity index (χ0) is 13.7. The van der Waals surface area contributed by atoms with Crippen molar-refractivity contribution in [1.29, 1.82) is 5.26 Å².